The zero-order valence-corrected chi connectivity index (χ0v) is 17.3. The number of morpholine rings is 1. The molecule has 3 aromatic heterocycles. The Labute approximate surface area is 167 Å². The van der Waals surface area contributed by atoms with Crippen molar-refractivity contribution in [3.8, 4) is 10.4 Å². The van der Waals surface area contributed by atoms with E-state index < -0.39 is 0 Å². The number of anilines is 1. The molecule has 0 aliphatic carbocycles. The van der Waals surface area contributed by atoms with Crippen molar-refractivity contribution >= 4 is 38.7 Å². The number of nitrogens with one attached hydrogen (secondary N) is 2. The molecule has 144 valence electrons. The summed E-state index contributed by atoms with van der Waals surface area (Å²) in [5.74, 6) is 1.81. The molecule has 0 bridgehead atoms. The van der Waals surface area contributed by atoms with E-state index in [0.717, 1.165) is 54.7 Å². The molecule has 8 heteroatoms. The summed E-state index contributed by atoms with van der Waals surface area (Å²) in [6, 6.07) is 4.41. The van der Waals surface area contributed by atoms with E-state index in [0.29, 0.717) is 6.61 Å². The molecular weight excluding hydrogens is 380 g/mol. The highest BCUT2D eigenvalue weighted by Crippen LogP contribution is 2.39. The van der Waals surface area contributed by atoms with Crippen LogP contribution in [0.25, 0.3) is 20.7 Å². The van der Waals surface area contributed by atoms with Crippen LogP contribution in [0.2, 0.25) is 0 Å². The van der Waals surface area contributed by atoms with E-state index in [9.17, 15) is 0 Å². The zero-order chi connectivity index (χ0) is 18.6. The SMILES string of the molecule is COC[C@@H](C)Nc1nc(C[NH+]2CCOCC2)nc2scc(-c3cccs3)c12. The van der Waals surface area contributed by atoms with Crippen molar-refractivity contribution in [1.82, 2.24) is 9.97 Å². The molecule has 0 unspecified atom stereocenters. The average molecular weight is 406 g/mol. The van der Waals surface area contributed by atoms with Gasteiger partial charge in [0.05, 0.1) is 25.2 Å². The fourth-order valence-electron chi connectivity index (χ4n) is 3.37. The van der Waals surface area contributed by atoms with Crippen LogP contribution in [0.4, 0.5) is 5.82 Å². The first-order chi connectivity index (χ1) is 13.2. The highest BCUT2D eigenvalue weighted by atomic mass is 32.1. The van der Waals surface area contributed by atoms with Crippen LogP contribution in [0.3, 0.4) is 0 Å². The molecule has 6 nitrogen and oxygen atoms in total. The summed E-state index contributed by atoms with van der Waals surface area (Å²) in [5.41, 5.74) is 1.21. The van der Waals surface area contributed by atoms with Crippen molar-refractivity contribution in [3.05, 3.63) is 28.7 Å². The van der Waals surface area contributed by atoms with E-state index in [2.05, 4.69) is 35.1 Å². The topological polar surface area (TPSA) is 60.7 Å². The van der Waals surface area contributed by atoms with E-state index in [1.807, 2.05) is 0 Å². The summed E-state index contributed by atoms with van der Waals surface area (Å²) in [7, 11) is 1.72. The van der Waals surface area contributed by atoms with Crippen molar-refractivity contribution in [2.75, 3.05) is 45.3 Å². The van der Waals surface area contributed by atoms with Gasteiger partial charge in [-0.25, -0.2) is 9.97 Å². The van der Waals surface area contributed by atoms with Crippen molar-refractivity contribution < 1.29 is 14.4 Å². The molecule has 0 radical (unpaired) electrons. The summed E-state index contributed by atoms with van der Waals surface area (Å²) in [4.78, 5) is 13.6. The third-order valence-electron chi connectivity index (χ3n) is 4.67. The number of ether oxygens (including phenoxy) is 2. The lowest BCUT2D eigenvalue weighted by molar-refractivity contribution is -0.922. The number of hydrogen-bond donors (Lipinski definition) is 2. The molecule has 0 amide bonds. The number of quaternary nitrogens is 1. The molecule has 1 saturated heterocycles. The Hall–Kier alpha value is -1.58. The molecule has 4 rings (SSSR count). The van der Waals surface area contributed by atoms with Gasteiger partial charge >= 0.3 is 0 Å². The second kappa shape index (κ2) is 8.62. The molecule has 27 heavy (non-hydrogen) atoms. The van der Waals surface area contributed by atoms with E-state index in [1.165, 1.54) is 15.3 Å². The predicted octanol–water partition coefficient (Wildman–Crippen LogP) is 2.28. The van der Waals surface area contributed by atoms with Crippen molar-refractivity contribution in [2.24, 2.45) is 0 Å². The molecule has 1 atom stereocenters. The van der Waals surface area contributed by atoms with Gasteiger partial charge in [0.15, 0.2) is 5.82 Å². The van der Waals surface area contributed by atoms with Crippen LogP contribution in [0, 0.1) is 0 Å². The molecule has 1 aliphatic rings. The number of aromatic nitrogens is 2. The van der Waals surface area contributed by atoms with Crippen LogP contribution in [-0.2, 0) is 16.0 Å². The number of rotatable bonds is 7. The average Bonchev–Trinajstić information content (AvgIpc) is 3.32. The Balaban J connectivity index is 1.71. The standard InChI is InChI=1S/C19H24N4O2S2/c1-13(11-24-2)20-18-17-14(15-4-3-9-26-15)12-27-19(17)22-16(21-18)10-23-5-7-25-8-6-23/h3-4,9,12-13H,5-8,10-11H2,1-2H3,(H,20,21,22)/p+1/t13-/m1/s1. The summed E-state index contributed by atoms with van der Waals surface area (Å²) in [6.45, 7) is 7.23. The number of nitrogens with zero attached hydrogens (tertiary/aromatic N) is 2. The first-order valence-corrected chi connectivity index (χ1v) is 11.0. The second-order valence-electron chi connectivity index (χ2n) is 6.84. The molecule has 0 aromatic carbocycles. The zero-order valence-electron chi connectivity index (χ0n) is 15.7. The minimum Gasteiger partial charge on any atom is -0.383 e. The fraction of sp³-hybridized carbons (Fsp3) is 0.474. The van der Waals surface area contributed by atoms with Crippen LogP contribution in [0.1, 0.15) is 12.7 Å². The Morgan fingerprint density at radius 1 is 1.30 bits per heavy atom. The van der Waals surface area contributed by atoms with Gasteiger partial charge in [-0.3, -0.25) is 0 Å². The van der Waals surface area contributed by atoms with Gasteiger partial charge in [0, 0.05) is 29.0 Å². The van der Waals surface area contributed by atoms with Gasteiger partial charge in [0.1, 0.15) is 30.3 Å². The van der Waals surface area contributed by atoms with Crippen molar-refractivity contribution in [1.29, 1.82) is 0 Å². The van der Waals surface area contributed by atoms with Crippen molar-refractivity contribution in [3.63, 3.8) is 0 Å². The Morgan fingerprint density at radius 2 is 2.15 bits per heavy atom. The lowest BCUT2D eigenvalue weighted by Crippen LogP contribution is -3.12. The summed E-state index contributed by atoms with van der Waals surface area (Å²) in [5, 5.41) is 8.97. The molecule has 0 spiro atoms. The molecule has 4 heterocycles. The van der Waals surface area contributed by atoms with Crippen molar-refractivity contribution in [2.45, 2.75) is 19.5 Å². The first-order valence-electron chi connectivity index (χ1n) is 9.23. The third-order valence-corrected chi connectivity index (χ3v) is 6.45. The fourth-order valence-corrected chi connectivity index (χ4v) is 5.15. The highest BCUT2D eigenvalue weighted by molar-refractivity contribution is 7.18. The normalized spacial score (nSPS) is 16.7. The predicted molar refractivity (Wildman–Crippen MR) is 111 cm³/mol. The van der Waals surface area contributed by atoms with Gasteiger partial charge in [0.2, 0.25) is 0 Å². The van der Waals surface area contributed by atoms with Gasteiger partial charge in [0.25, 0.3) is 0 Å². The smallest absolute Gasteiger partial charge is 0.187 e. The minimum absolute atomic E-state index is 0.174. The maximum atomic E-state index is 5.47. The first kappa shape index (κ1) is 18.8. The Kier molecular flexibility index (Phi) is 5.99. The number of fused-ring (bicyclic) bond motifs is 1. The van der Waals surface area contributed by atoms with Gasteiger partial charge in [-0.1, -0.05) is 6.07 Å². The molecule has 1 aliphatic heterocycles. The largest absolute Gasteiger partial charge is 0.383 e. The van der Waals surface area contributed by atoms with E-state index in [1.54, 1.807) is 29.8 Å². The van der Waals surface area contributed by atoms with Crippen LogP contribution in [-0.4, -0.2) is 56.0 Å². The molecule has 0 saturated carbocycles. The van der Waals surface area contributed by atoms with Gasteiger partial charge < -0.3 is 19.7 Å². The summed E-state index contributed by atoms with van der Waals surface area (Å²) in [6.07, 6.45) is 0. The van der Waals surface area contributed by atoms with Crippen LogP contribution < -0.4 is 10.2 Å². The van der Waals surface area contributed by atoms with Gasteiger partial charge in [-0.2, -0.15) is 0 Å². The lowest BCUT2D eigenvalue weighted by atomic mass is 10.2. The molecule has 2 N–H and O–H groups in total. The lowest BCUT2D eigenvalue weighted by Gasteiger charge is -2.23. The monoisotopic (exact) mass is 405 g/mol. The Bertz CT molecular complexity index is 875. The van der Waals surface area contributed by atoms with Crippen LogP contribution >= 0.6 is 22.7 Å². The van der Waals surface area contributed by atoms with E-state index >= 15 is 0 Å². The molecular formula is C19H25N4O2S2+. The number of thiophene rings is 2. The van der Waals surface area contributed by atoms with Crippen LogP contribution in [0.5, 0.6) is 0 Å². The Morgan fingerprint density at radius 3 is 2.89 bits per heavy atom. The number of hydrogen-bond acceptors (Lipinski definition) is 7. The van der Waals surface area contributed by atoms with Gasteiger partial charge in [-0.15, -0.1) is 22.7 Å². The minimum atomic E-state index is 0.174. The van der Waals surface area contributed by atoms with E-state index in [-0.39, 0.29) is 6.04 Å². The second-order valence-corrected chi connectivity index (χ2v) is 8.64. The molecule has 1 fully saturated rings. The molecule has 3 aromatic rings. The summed E-state index contributed by atoms with van der Waals surface area (Å²) < 4.78 is 10.8. The highest BCUT2D eigenvalue weighted by Gasteiger charge is 2.21. The third kappa shape index (κ3) is 4.30. The summed E-state index contributed by atoms with van der Waals surface area (Å²) >= 11 is 3.44. The maximum absolute atomic E-state index is 5.47. The maximum Gasteiger partial charge on any atom is 0.187 e. The van der Waals surface area contributed by atoms with E-state index in [4.69, 9.17) is 19.4 Å². The van der Waals surface area contributed by atoms with Crippen LogP contribution in [0.15, 0.2) is 22.9 Å². The van der Waals surface area contributed by atoms with Gasteiger partial charge in [-0.05, 0) is 18.4 Å². The number of methoxy groups -OCH3 is 1. The quantitative estimate of drug-likeness (QED) is 0.632.